The third-order valence-electron chi connectivity index (χ3n) is 10.9. The summed E-state index contributed by atoms with van der Waals surface area (Å²) in [5, 5.41) is 10.5. The fraction of sp³-hybridized carbons (Fsp3) is 0.0204. The van der Waals surface area contributed by atoms with E-state index in [2.05, 4.69) is 170 Å². The molecule has 0 saturated heterocycles. The lowest BCUT2D eigenvalue weighted by atomic mass is 9.88. The van der Waals surface area contributed by atoms with Crippen LogP contribution in [0.25, 0.3) is 97.0 Å². The molecular formula is C49H30S. The Morgan fingerprint density at radius 3 is 1.66 bits per heavy atom. The summed E-state index contributed by atoms with van der Waals surface area (Å²) in [7, 11) is 0. The Morgan fingerprint density at radius 1 is 0.320 bits per heavy atom. The smallest absolute Gasteiger partial charge is 0.0433 e. The van der Waals surface area contributed by atoms with Gasteiger partial charge in [0.15, 0.2) is 0 Å². The summed E-state index contributed by atoms with van der Waals surface area (Å²) in [6.45, 7) is 0. The maximum absolute atomic E-state index is 2.44. The first-order valence-corrected chi connectivity index (χ1v) is 18.2. The molecule has 0 nitrogen and oxygen atoms in total. The molecule has 0 radical (unpaired) electrons. The molecule has 1 aromatic heterocycles. The summed E-state index contributed by atoms with van der Waals surface area (Å²) < 4.78 is 2.68. The highest BCUT2D eigenvalue weighted by molar-refractivity contribution is 7.26. The number of hydrogen-bond donors (Lipinski definition) is 0. The highest BCUT2D eigenvalue weighted by Crippen LogP contribution is 2.46. The van der Waals surface area contributed by atoms with Gasteiger partial charge in [-0.1, -0.05) is 140 Å². The van der Waals surface area contributed by atoms with Crippen LogP contribution in [-0.2, 0) is 6.42 Å². The molecule has 9 aromatic carbocycles. The maximum atomic E-state index is 2.44. The van der Waals surface area contributed by atoms with Crippen LogP contribution in [0.1, 0.15) is 11.1 Å². The minimum Gasteiger partial charge on any atom is -0.135 e. The predicted molar refractivity (Wildman–Crippen MR) is 216 cm³/mol. The van der Waals surface area contributed by atoms with Gasteiger partial charge in [-0.25, -0.2) is 0 Å². The Hall–Kier alpha value is -6.02. The van der Waals surface area contributed by atoms with E-state index < -0.39 is 0 Å². The van der Waals surface area contributed by atoms with Crippen molar-refractivity contribution < 1.29 is 0 Å². The van der Waals surface area contributed by atoms with Crippen LogP contribution < -0.4 is 0 Å². The predicted octanol–water partition coefficient (Wildman–Crippen LogP) is 14.1. The molecule has 1 heterocycles. The highest BCUT2D eigenvalue weighted by atomic mass is 32.1. The van der Waals surface area contributed by atoms with Gasteiger partial charge in [0, 0.05) is 20.2 Å². The van der Waals surface area contributed by atoms with Gasteiger partial charge in [-0.05, 0) is 125 Å². The molecule has 1 aliphatic rings. The van der Waals surface area contributed by atoms with E-state index in [4.69, 9.17) is 0 Å². The molecule has 10 aromatic rings. The van der Waals surface area contributed by atoms with Gasteiger partial charge in [0.2, 0.25) is 0 Å². The van der Waals surface area contributed by atoms with Crippen molar-refractivity contribution in [3.63, 3.8) is 0 Å². The normalized spacial score (nSPS) is 12.3. The summed E-state index contributed by atoms with van der Waals surface area (Å²) in [5.41, 5.74) is 13.2. The van der Waals surface area contributed by atoms with E-state index in [0.29, 0.717) is 0 Å². The second-order valence-corrected chi connectivity index (χ2v) is 14.6. The highest BCUT2D eigenvalue weighted by Gasteiger charge is 2.22. The largest absolute Gasteiger partial charge is 0.135 e. The van der Waals surface area contributed by atoms with E-state index in [1.54, 1.807) is 0 Å². The molecule has 1 aliphatic carbocycles. The average Bonchev–Trinajstić information content (AvgIpc) is 3.76. The van der Waals surface area contributed by atoms with Crippen LogP contribution in [0.3, 0.4) is 0 Å². The van der Waals surface area contributed by atoms with Crippen LogP contribution in [0.2, 0.25) is 0 Å². The van der Waals surface area contributed by atoms with E-state index in [-0.39, 0.29) is 0 Å². The fourth-order valence-corrected chi connectivity index (χ4v) is 9.83. The summed E-state index contributed by atoms with van der Waals surface area (Å²) in [5.74, 6) is 0. The van der Waals surface area contributed by atoms with E-state index in [1.807, 2.05) is 11.3 Å². The number of thiophene rings is 1. The maximum Gasteiger partial charge on any atom is 0.0433 e. The second-order valence-electron chi connectivity index (χ2n) is 13.6. The molecule has 232 valence electrons. The lowest BCUT2D eigenvalue weighted by Crippen LogP contribution is -1.91. The molecule has 0 N–H and O–H groups in total. The topological polar surface area (TPSA) is 0 Å². The Bertz CT molecular complexity index is 2980. The van der Waals surface area contributed by atoms with Crippen molar-refractivity contribution >= 4 is 63.8 Å². The van der Waals surface area contributed by atoms with Crippen molar-refractivity contribution in [1.82, 2.24) is 0 Å². The van der Waals surface area contributed by atoms with Crippen molar-refractivity contribution in [2.75, 3.05) is 0 Å². The zero-order chi connectivity index (χ0) is 32.8. The minimum atomic E-state index is 0.960. The van der Waals surface area contributed by atoms with Crippen LogP contribution >= 0.6 is 11.3 Å². The third-order valence-corrected chi connectivity index (χ3v) is 12.1. The summed E-state index contributed by atoms with van der Waals surface area (Å²) in [6, 6.07) is 63.5. The van der Waals surface area contributed by atoms with E-state index in [0.717, 1.165) is 6.42 Å². The van der Waals surface area contributed by atoms with Gasteiger partial charge in [0.05, 0.1) is 0 Å². The number of benzene rings is 9. The van der Waals surface area contributed by atoms with Gasteiger partial charge in [-0.2, -0.15) is 0 Å². The van der Waals surface area contributed by atoms with Gasteiger partial charge < -0.3 is 0 Å². The fourth-order valence-electron chi connectivity index (χ4n) is 8.59. The average molecular weight is 651 g/mol. The van der Waals surface area contributed by atoms with Crippen molar-refractivity contribution in [3.8, 4) is 44.5 Å². The molecule has 11 rings (SSSR count). The second kappa shape index (κ2) is 10.7. The van der Waals surface area contributed by atoms with Crippen LogP contribution in [0.15, 0.2) is 170 Å². The van der Waals surface area contributed by atoms with E-state index in [9.17, 15) is 0 Å². The molecule has 0 atom stereocenters. The monoisotopic (exact) mass is 650 g/mol. The molecule has 0 spiro atoms. The molecule has 0 fully saturated rings. The van der Waals surface area contributed by atoms with Crippen LogP contribution in [0.4, 0.5) is 0 Å². The van der Waals surface area contributed by atoms with E-state index in [1.165, 1.54) is 108 Å². The van der Waals surface area contributed by atoms with Gasteiger partial charge in [-0.3, -0.25) is 0 Å². The summed E-state index contributed by atoms with van der Waals surface area (Å²) >= 11 is 1.90. The third kappa shape index (κ3) is 4.11. The Balaban J connectivity index is 1.19. The zero-order valence-corrected chi connectivity index (χ0v) is 28.1. The zero-order valence-electron chi connectivity index (χ0n) is 27.3. The minimum absolute atomic E-state index is 0.960. The van der Waals surface area contributed by atoms with Crippen molar-refractivity contribution in [1.29, 1.82) is 0 Å². The summed E-state index contributed by atoms with van der Waals surface area (Å²) in [6.07, 6.45) is 0.960. The van der Waals surface area contributed by atoms with Crippen molar-refractivity contribution in [3.05, 3.63) is 181 Å². The first-order chi connectivity index (χ1) is 24.8. The van der Waals surface area contributed by atoms with Crippen LogP contribution in [0, 0.1) is 0 Å². The standard InChI is InChI=1S/C49H30S/c1-2-12-35-31(11-1)29-46-36(18-9-20-38(35)46)33-25-32(26-34(27-33)37-19-10-21-45-44-17-7-8-22-48(44)50-49(37)45)30-23-24-43-41-15-4-3-13-39(41)40-14-5-6-16-42(40)47(43)28-30/h1-28H,29H2. The molecule has 0 saturated carbocycles. The number of hydrogen-bond acceptors (Lipinski definition) is 1. The summed E-state index contributed by atoms with van der Waals surface area (Å²) in [4.78, 5) is 0. The van der Waals surface area contributed by atoms with E-state index >= 15 is 0 Å². The molecule has 0 unspecified atom stereocenters. The lowest BCUT2D eigenvalue weighted by Gasteiger charge is -2.16. The first-order valence-electron chi connectivity index (χ1n) is 17.4. The molecule has 0 bridgehead atoms. The van der Waals surface area contributed by atoms with Crippen LogP contribution in [0.5, 0.6) is 0 Å². The number of rotatable bonds is 3. The molecular weight excluding hydrogens is 621 g/mol. The quantitative estimate of drug-likeness (QED) is 0.167. The van der Waals surface area contributed by atoms with Crippen molar-refractivity contribution in [2.45, 2.75) is 6.42 Å². The SMILES string of the molecule is c1ccc2c(c1)Cc1c(-c3cc(-c4ccc5c6ccccc6c6ccccc6c5c4)cc(-c4cccc5c4sc4ccccc45)c3)cccc1-2. The molecule has 1 heteroatoms. The Labute approximate surface area is 294 Å². The molecule has 50 heavy (non-hydrogen) atoms. The lowest BCUT2D eigenvalue weighted by molar-refractivity contribution is 1.26. The van der Waals surface area contributed by atoms with Crippen LogP contribution in [-0.4, -0.2) is 0 Å². The molecule has 0 amide bonds. The Kier molecular flexibility index (Phi) is 5.99. The van der Waals surface area contributed by atoms with Gasteiger partial charge in [-0.15, -0.1) is 11.3 Å². The van der Waals surface area contributed by atoms with Gasteiger partial charge >= 0.3 is 0 Å². The molecule has 0 aliphatic heterocycles. The van der Waals surface area contributed by atoms with Gasteiger partial charge in [0.1, 0.15) is 0 Å². The van der Waals surface area contributed by atoms with Gasteiger partial charge in [0.25, 0.3) is 0 Å². The Morgan fingerprint density at radius 2 is 0.860 bits per heavy atom. The number of fused-ring (bicyclic) bond motifs is 12. The first kappa shape index (κ1) is 27.9. The van der Waals surface area contributed by atoms with Crippen molar-refractivity contribution in [2.24, 2.45) is 0 Å².